The van der Waals surface area contributed by atoms with E-state index >= 15 is 0 Å². The van der Waals surface area contributed by atoms with Crippen LogP contribution in [0.15, 0.2) is 194 Å². The molecule has 0 aliphatic heterocycles. The largest absolute Gasteiger partial charge is 0.0622 e. The summed E-state index contributed by atoms with van der Waals surface area (Å²) in [7, 11) is 0. The lowest BCUT2D eigenvalue weighted by molar-refractivity contribution is 0.661. The Bertz CT molecular complexity index is 2330. The van der Waals surface area contributed by atoms with Crippen LogP contribution in [0.5, 0.6) is 0 Å². The Kier molecular flexibility index (Phi) is 7.59. The van der Waals surface area contributed by atoms with E-state index in [-0.39, 0.29) is 5.41 Å². The second-order valence-electron chi connectivity index (χ2n) is 14.1. The second kappa shape index (κ2) is 12.6. The van der Waals surface area contributed by atoms with Crippen LogP contribution in [-0.2, 0) is 5.41 Å². The molecule has 0 nitrogen and oxygen atoms in total. The highest BCUT2D eigenvalue weighted by Crippen LogP contribution is 2.52. The van der Waals surface area contributed by atoms with Gasteiger partial charge in [0, 0.05) is 5.41 Å². The van der Waals surface area contributed by atoms with E-state index in [9.17, 15) is 0 Å². The Hall–Kier alpha value is -6.24. The fourth-order valence-electron chi connectivity index (χ4n) is 8.21. The summed E-state index contributed by atoms with van der Waals surface area (Å²) in [5.74, 6) is 0. The summed E-state index contributed by atoms with van der Waals surface area (Å²) in [6.07, 6.45) is 0. The standard InChI is InChI=1S/C51H38/c1-51(2)47-33-39(43-27-15-25-41(35-17-7-3-8-18-35)49(43)37-21-11-5-12-22-37)29-31-45(47)46-32-30-40(34-48(46)51)44-28-16-26-42(36-19-9-4-10-20-36)50(44)38-23-13-6-14-24-38/h3-34H,1-2H3. The van der Waals surface area contributed by atoms with Gasteiger partial charge in [0.15, 0.2) is 0 Å². The molecular weight excluding hydrogens is 613 g/mol. The van der Waals surface area contributed by atoms with Crippen molar-refractivity contribution in [3.05, 3.63) is 205 Å². The molecule has 0 unspecified atom stereocenters. The molecule has 0 N–H and O–H groups in total. The smallest absolute Gasteiger partial charge is 0.0159 e. The van der Waals surface area contributed by atoms with Gasteiger partial charge < -0.3 is 0 Å². The van der Waals surface area contributed by atoms with E-state index in [0.717, 1.165) is 0 Å². The molecule has 0 amide bonds. The Morgan fingerprint density at radius 3 is 0.922 bits per heavy atom. The van der Waals surface area contributed by atoms with Gasteiger partial charge in [-0.2, -0.15) is 0 Å². The van der Waals surface area contributed by atoms with Crippen LogP contribution >= 0.6 is 0 Å². The van der Waals surface area contributed by atoms with E-state index in [1.54, 1.807) is 0 Å². The lowest BCUT2D eigenvalue weighted by Gasteiger charge is -2.24. The highest BCUT2D eigenvalue weighted by atomic mass is 14.4. The molecular formula is C51H38. The average Bonchev–Trinajstić information content (AvgIpc) is 3.43. The van der Waals surface area contributed by atoms with Gasteiger partial charge in [0.1, 0.15) is 0 Å². The van der Waals surface area contributed by atoms with Crippen LogP contribution in [0.3, 0.4) is 0 Å². The van der Waals surface area contributed by atoms with Gasteiger partial charge in [-0.05, 0) is 101 Å². The van der Waals surface area contributed by atoms with E-state index in [1.807, 2.05) is 0 Å². The molecule has 8 aromatic carbocycles. The first kappa shape index (κ1) is 30.8. The highest BCUT2D eigenvalue weighted by Gasteiger charge is 2.36. The van der Waals surface area contributed by atoms with Gasteiger partial charge in [0.2, 0.25) is 0 Å². The first-order valence-corrected chi connectivity index (χ1v) is 17.9. The molecule has 0 aromatic heterocycles. The number of hydrogen-bond donors (Lipinski definition) is 0. The van der Waals surface area contributed by atoms with E-state index in [4.69, 9.17) is 0 Å². The van der Waals surface area contributed by atoms with Gasteiger partial charge in [0.05, 0.1) is 0 Å². The molecule has 0 bridgehead atoms. The van der Waals surface area contributed by atoms with Crippen molar-refractivity contribution < 1.29 is 0 Å². The normalized spacial score (nSPS) is 12.7. The van der Waals surface area contributed by atoms with Crippen LogP contribution in [0.1, 0.15) is 25.0 Å². The van der Waals surface area contributed by atoms with Crippen LogP contribution in [0.25, 0.3) is 77.9 Å². The minimum atomic E-state index is -0.176. The fraction of sp³-hybridized carbons (Fsp3) is 0.0588. The molecule has 0 saturated heterocycles. The summed E-state index contributed by atoms with van der Waals surface area (Å²) in [4.78, 5) is 0. The minimum Gasteiger partial charge on any atom is -0.0622 e. The lowest BCUT2D eigenvalue weighted by atomic mass is 9.79. The van der Waals surface area contributed by atoms with Crippen LogP contribution < -0.4 is 0 Å². The predicted octanol–water partition coefficient (Wildman–Crippen LogP) is 14.0. The quantitative estimate of drug-likeness (QED) is 0.168. The third-order valence-electron chi connectivity index (χ3n) is 10.7. The average molecular weight is 651 g/mol. The number of fused-ring (bicyclic) bond motifs is 3. The monoisotopic (exact) mass is 650 g/mol. The molecule has 1 aliphatic carbocycles. The lowest BCUT2D eigenvalue weighted by Crippen LogP contribution is -2.15. The summed E-state index contributed by atoms with van der Waals surface area (Å²) in [6, 6.07) is 71.0. The number of hydrogen-bond acceptors (Lipinski definition) is 0. The molecule has 242 valence electrons. The van der Waals surface area contributed by atoms with Crippen molar-refractivity contribution >= 4 is 0 Å². The molecule has 8 aromatic rings. The molecule has 0 heterocycles. The summed E-state index contributed by atoms with van der Waals surface area (Å²) >= 11 is 0. The van der Waals surface area contributed by atoms with Crippen molar-refractivity contribution in [1.82, 2.24) is 0 Å². The molecule has 0 heteroatoms. The zero-order chi connectivity index (χ0) is 34.4. The third-order valence-corrected chi connectivity index (χ3v) is 10.7. The topological polar surface area (TPSA) is 0 Å². The SMILES string of the molecule is CC1(C)c2cc(-c3cccc(-c4ccccc4)c3-c3ccccc3)ccc2-c2ccc(-c3cccc(-c4ccccc4)c3-c3ccccc3)cc21. The molecule has 0 fully saturated rings. The van der Waals surface area contributed by atoms with Crippen molar-refractivity contribution in [1.29, 1.82) is 0 Å². The van der Waals surface area contributed by atoms with Crippen molar-refractivity contribution in [3.63, 3.8) is 0 Å². The first-order chi connectivity index (χ1) is 25.1. The van der Waals surface area contributed by atoms with Crippen molar-refractivity contribution in [2.45, 2.75) is 19.3 Å². The molecule has 0 atom stereocenters. The van der Waals surface area contributed by atoms with E-state index in [2.05, 4.69) is 208 Å². The molecule has 9 rings (SSSR count). The number of rotatable bonds is 6. The van der Waals surface area contributed by atoms with Crippen LogP contribution in [0.2, 0.25) is 0 Å². The Morgan fingerprint density at radius 2 is 0.569 bits per heavy atom. The number of benzene rings is 8. The molecule has 0 radical (unpaired) electrons. The van der Waals surface area contributed by atoms with Gasteiger partial charge >= 0.3 is 0 Å². The van der Waals surface area contributed by atoms with Crippen molar-refractivity contribution in [2.75, 3.05) is 0 Å². The maximum Gasteiger partial charge on any atom is 0.0159 e. The summed E-state index contributed by atoms with van der Waals surface area (Å²) < 4.78 is 0. The molecule has 0 spiro atoms. The summed E-state index contributed by atoms with van der Waals surface area (Å²) in [6.45, 7) is 4.78. The van der Waals surface area contributed by atoms with Gasteiger partial charge in [0.25, 0.3) is 0 Å². The summed E-state index contributed by atoms with van der Waals surface area (Å²) in [5.41, 5.74) is 20.2. The Labute approximate surface area is 301 Å². The van der Waals surface area contributed by atoms with E-state index < -0.39 is 0 Å². The maximum absolute atomic E-state index is 2.46. The predicted molar refractivity (Wildman–Crippen MR) is 217 cm³/mol. The van der Waals surface area contributed by atoms with Gasteiger partial charge in [-0.3, -0.25) is 0 Å². The van der Waals surface area contributed by atoms with Crippen molar-refractivity contribution in [2.24, 2.45) is 0 Å². The van der Waals surface area contributed by atoms with Gasteiger partial charge in [-0.25, -0.2) is 0 Å². The fourth-order valence-corrected chi connectivity index (χ4v) is 8.21. The van der Waals surface area contributed by atoms with E-state index in [1.165, 1.54) is 89.0 Å². The third kappa shape index (κ3) is 5.32. The zero-order valence-electron chi connectivity index (χ0n) is 29.0. The second-order valence-corrected chi connectivity index (χ2v) is 14.1. The Morgan fingerprint density at radius 1 is 0.255 bits per heavy atom. The van der Waals surface area contributed by atoms with Gasteiger partial charge in [-0.1, -0.05) is 196 Å². The molecule has 51 heavy (non-hydrogen) atoms. The minimum absolute atomic E-state index is 0.176. The maximum atomic E-state index is 2.46. The summed E-state index contributed by atoms with van der Waals surface area (Å²) in [5, 5.41) is 0. The van der Waals surface area contributed by atoms with E-state index in [0.29, 0.717) is 0 Å². The van der Waals surface area contributed by atoms with Gasteiger partial charge in [-0.15, -0.1) is 0 Å². The molecule has 1 aliphatic rings. The highest BCUT2D eigenvalue weighted by molar-refractivity contribution is 5.98. The van der Waals surface area contributed by atoms with Crippen LogP contribution in [0.4, 0.5) is 0 Å². The zero-order valence-corrected chi connectivity index (χ0v) is 29.0. The van der Waals surface area contributed by atoms with Crippen LogP contribution in [-0.4, -0.2) is 0 Å². The van der Waals surface area contributed by atoms with Crippen LogP contribution in [0, 0.1) is 0 Å². The van der Waals surface area contributed by atoms with Crippen molar-refractivity contribution in [3.8, 4) is 77.9 Å². The first-order valence-electron chi connectivity index (χ1n) is 17.9. The molecule has 0 saturated carbocycles. The Balaban J connectivity index is 1.18.